The summed E-state index contributed by atoms with van der Waals surface area (Å²) in [7, 11) is -2.48. The lowest BCUT2D eigenvalue weighted by molar-refractivity contribution is 0.0709. The van der Waals surface area contributed by atoms with Gasteiger partial charge in [0, 0.05) is 32.4 Å². The van der Waals surface area contributed by atoms with Crippen molar-refractivity contribution in [1.29, 1.82) is 0 Å². The maximum absolute atomic E-state index is 5.73. The van der Waals surface area contributed by atoms with Gasteiger partial charge < -0.3 is 43.4 Å². The molecule has 1 N–H and O–H groups in total. The van der Waals surface area contributed by atoms with Crippen LogP contribution in [0.4, 0.5) is 0 Å². The Morgan fingerprint density at radius 1 is 1.12 bits per heavy atom. The Bertz CT molecular complexity index is 203. The standard InChI is InChI=1S/C10H23NO3S2Si/c1-4-12-17(13-5-2,14-6-3)9-7-8-11-10(15)16/h4-9H2,1-3H3,(H2,11,15,16)/p-1. The lowest BCUT2D eigenvalue weighted by atomic mass is 10.5. The van der Waals surface area contributed by atoms with E-state index in [-0.39, 0.29) is 0 Å². The van der Waals surface area contributed by atoms with Gasteiger partial charge in [-0.2, -0.15) is 0 Å². The van der Waals surface area contributed by atoms with E-state index in [1.807, 2.05) is 20.8 Å². The van der Waals surface area contributed by atoms with E-state index in [1.165, 1.54) is 0 Å². The van der Waals surface area contributed by atoms with Crippen LogP contribution in [0.5, 0.6) is 0 Å². The van der Waals surface area contributed by atoms with Gasteiger partial charge in [0.05, 0.1) is 0 Å². The molecule has 0 fully saturated rings. The first-order chi connectivity index (χ1) is 8.10. The molecule has 0 heterocycles. The second-order valence-corrected chi connectivity index (χ2v) is 7.11. The molecule has 0 saturated carbocycles. The fraction of sp³-hybridized carbons (Fsp3) is 0.900. The van der Waals surface area contributed by atoms with E-state index >= 15 is 0 Å². The van der Waals surface area contributed by atoms with Crippen LogP contribution in [-0.2, 0) is 25.9 Å². The number of thiocarbonyl (C=S) groups is 1. The quantitative estimate of drug-likeness (QED) is 0.287. The number of nitrogens with one attached hydrogen (secondary N) is 1. The third-order valence-corrected chi connectivity index (χ3v) is 5.46. The largest absolute Gasteiger partial charge is 0.500 e. The average Bonchev–Trinajstić information content (AvgIpc) is 2.25. The van der Waals surface area contributed by atoms with Gasteiger partial charge in [-0.1, -0.05) is 4.32 Å². The highest BCUT2D eigenvalue weighted by Crippen LogP contribution is 2.17. The third-order valence-electron chi connectivity index (χ3n) is 2.02. The van der Waals surface area contributed by atoms with Gasteiger partial charge in [-0.3, -0.25) is 0 Å². The first-order valence-corrected chi connectivity index (χ1v) is 8.71. The normalized spacial score (nSPS) is 11.5. The van der Waals surface area contributed by atoms with Crippen LogP contribution < -0.4 is 5.32 Å². The van der Waals surface area contributed by atoms with Crippen molar-refractivity contribution in [3.63, 3.8) is 0 Å². The van der Waals surface area contributed by atoms with Gasteiger partial charge in [-0.15, -0.1) is 0 Å². The van der Waals surface area contributed by atoms with Crippen LogP contribution in [0, 0.1) is 0 Å². The maximum atomic E-state index is 5.73. The van der Waals surface area contributed by atoms with Crippen molar-refractivity contribution in [1.82, 2.24) is 5.32 Å². The summed E-state index contributed by atoms with van der Waals surface area (Å²) in [5.41, 5.74) is 0. The summed E-state index contributed by atoms with van der Waals surface area (Å²) in [6.07, 6.45) is 0.878. The molecular weight excluding hydrogens is 274 g/mol. The molecule has 4 nitrogen and oxygen atoms in total. The van der Waals surface area contributed by atoms with Crippen LogP contribution in [0.15, 0.2) is 0 Å². The zero-order valence-electron chi connectivity index (χ0n) is 10.8. The Kier molecular flexibility index (Phi) is 10.3. The van der Waals surface area contributed by atoms with Crippen LogP contribution in [0.1, 0.15) is 27.2 Å². The Labute approximate surface area is 116 Å². The fourth-order valence-electron chi connectivity index (χ4n) is 1.50. The van der Waals surface area contributed by atoms with Crippen molar-refractivity contribution in [2.24, 2.45) is 0 Å². The molecule has 0 unspecified atom stereocenters. The second-order valence-electron chi connectivity index (χ2n) is 3.30. The zero-order chi connectivity index (χ0) is 13.1. The van der Waals surface area contributed by atoms with Gasteiger partial charge in [0.25, 0.3) is 0 Å². The Morgan fingerprint density at radius 3 is 1.94 bits per heavy atom. The van der Waals surface area contributed by atoms with Crippen molar-refractivity contribution < 1.29 is 13.3 Å². The molecule has 17 heavy (non-hydrogen) atoms. The molecule has 0 aromatic heterocycles. The Balaban J connectivity index is 4.18. The summed E-state index contributed by atoms with van der Waals surface area (Å²) in [4.78, 5) is 0. The van der Waals surface area contributed by atoms with Gasteiger partial charge in [0.2, 0.25) is 0 Å². The van der Waals surface area contributed by atoms with Gasteiger partial charge >= 0.3 is 8.80 Å². The molecule has 7 heteroatoms. The predicted molar refractivity (Wildman–Crippen MR) is 78.0 cm³/mol. The van der Waals surface area contributed by atoms with E-state index in [0.29, 0.717) is 24.1 Å². The first-order valence-electron chi connectivity index (χ1n) is 5.97. The van der Waals surface area contributed by atoms with Gasteiger partial charge in [-0.05, 0) is 27.2 Å². The van der Waals surface area contributed by atoms with Crippen molar-refractivity contribution >= 4 is 38.0 Å². The van der Waals surface area contributed by atoms with E-state index in [9.17, 15) is 0 Å². The molecule has 0 aromatic carbocycles. The smallest absolute Gasteiger partial charge is 0.412 e. The third kappa shape index (κ3) is 8.01. The molecule has 102 valence electrons. The van der Waals surface area contributed by atoms with Gasteiger partial charge in [-0.25, -0.2) is 0 Å². The van der Waals surface area contributed by atoms with Crippen molar-refractivity contribution in [2.75, 3.05) is 26.4 Å². The molecule has 0 amide bonds. The van der Waals surface area contributed by atoms with Crippen LogP contribution in [0.2, 0.25) is 6.04 Å². The molecule has 0 aliphatic carbocycles. The zero-order valence-corrected chi connectivity index (χ0v) is 13.4. The topological polar surface area (TPSA) is 39.7 Å². The highest BCUT2D eigenvalue weighted by molar-refractivity contribution is 8.00. The lowest BCUT2D eigenvalue weighted by Gasteiger charge is -2.28. The highest BCUT2D eigenvalue weighted by Gasteiger charge is 2.39. The molecule has 0 aliphatic rings. The molecule has 0 radical (unpaired) electrons. The monoisotopic (exact) mass is 296 g/mol. The van der Waals surface area contributed by atoms with Crippen LogP contribution in [0.3, 0.4) is 0 Å². The minimum absolute atomic E-state index is 0.404. The SMILES string of the molecule is CCO[Si](CCCNC(=S)[S-])(OCC)OCC. The average molecular weight is 297 g/mol. The summed E-state index contributed by atoms with van der Waals surface area (Å²) in [5, 5.41) is 2.95. The second kappa shape index (κ2) is 10.2. The van der Waals surface area contributed by atoms with Gasteiger partial charge in [0.1, 0.15) is 0 Å². The summed E-state index contributed by atoms with van der Waals surface area (Å²) < 4.78 is 17.6. The molecule has 0 aromatic rings. The summed E-state index contributed by atoms with van der Waals surface area (Å²) >= 11 is 9.55. The summed E-state index contributed by atoms with van der Waals surface area (Å²) in [6.45, 7) is 8.44. The molecule has 0 saturated heterocycles. The van der Waals surface area contributed by atoms with Crippen molar-refractivity contribution in [3.8, 4) is 0 Å². The number of hydrogen-bond acceptors (Lipinski definition) is 5. The van der Waals surface area contributed by atoms with Crippen molar-refractivity contribution in [2.45, 2.75) is 33.2 Å². The van der Waals surface area contributed by atoms with Crippen LogP contribution >= 0.6 is 12.2 Å². The van der Waals surface area contributed by atoms with E-state index in [2.05, 4.69) is 5.32 Å². The van der Waals surface area contributed by atoms with E-state index < -0.39 is 8.80 Å². The minimum Gasteiger partial charge on any atom is -0.412 e. The van der Waals surface area contributed by atoms with Crippen molar-refractivity contribution in [3.05, 3.63) is 0 Å². The highest BCUT2D eigenvalue weighted by atomic mass is 32.1. The molecule has 0 spiro atoms. The van der Waals surface area contributed by atoms with Crippen LogP contribution in [0.25, 0.3) is 0 Å². The Hall–Kier alpha value is 0.207. The fourth-order valence-corrected chi connectivity index (χ4v) is 4.31. The lowest BCUT2D eigenvalue weighted by Crippen LogP contribution is -2.46. The maximum Gasteiger partial charge on any atom is 0.500 e. The molecule has 0 bridgehead atoms. The van der Waals surface area contributed by atoms with Crippen LogP contribution in [-0.4, -0.2) is 39.5 Å². The Morgan fingerprint density at radius 2 is 1.59 bits per heavy atom. The minimum atomic E-state index is -2.48. The molecule has 0 aliphatic heterocycles. The molecular formula is C10H22NO3S2Si-. The molecule has 0 rings (SSSR count). The van der Waals surface area contributed by atoms with E-state index in [0.717, 1.165) is 19.0 Å². The first kappa shape index (κ1) is 17.2. The number of rotatable bonds is 10. The van der Waals surface area contributed by atoms with E-state index in [4.69, 9.17) is 38.1 Å². The molecule has 0 atom stereocenters. The summed E-state index contributed by atoms with van der Waals surface area (Å²) in [6, 6.07) is 0.785. The summed E-state index contributed by atoms with van der Waals surface area (Å²) in [5.74, 6) is 0. The van der Waals surface area contributed by atoms with E-state index in [1.54, 1.807) is 0 Å². The van der Waals surface area contributed by atoms with Gasteiger partial charge in [0.15, 0.2) is 0 Å². The number of hydrogen-bond donors (Lipinski definition) is 1. The predicted octanol–water partition coefficient (Wildman–Crippen LogP) is 1.85.